The van der Waals surface area contributed by atoms with Crippen LogP contribution >= 0.6 is 11.3 Å². The minimum absolute atomic E-state index is 0.0613. The molecule has 1 aromatic carbocycles. The molecule has 0 aliphatic carbocycles. The summed E-state index contributed by atoms with van der Waals surface area (Å²) in [5.41, 5.74) is 2.52. The van der Waals surface area contributed by atoms with Crippen molar-refractivity contribution in [3.63, 3.8) is 0 Å². The summed E-state index contributed by atoms with van der Waals surface area (Å²) >= 11 is 1.01. The van der Waals surface area contributed by atoms with E-state index in [-0.39, 0.29) is 10.8 Å². The van der Waals surface area contributed by atoms with Crippen molar-refractivity contribution in [2.75, 3.05) is 0 Å². The summed E-state index contributed by atoms with van der Waals surface area (Å²) in [5.74, 6) is 1.36. The molecule has 126 valence electrons. The van der Waals surface area contributed by atoms with Crippen molar-refractivity contribution in [2.24, 2.45) is 0 Å². The highest BCUT2D eigenvalue weighted by molar-refractivity contribution is 7.09. The minimum Gasteiger partial charge on any atom is -0.494 e. The number of fused-ring (bicyclic) bond motifs is 1. The predicted molar refractivity (Wildman–Crippen MR) is 94.1 cm³/mol. The molecule has 0 unspecified atom stereocenters. The number of benzene rings is 1. The Labute approximate surface area is 146 Å². The summed E-state index contributed by atoms with van der Waals surface area (Å²) in [5, 5.41) is 9.63. The molecule has 0 aliphatic heterocycles. The van der Waals surface area contributed by atoms with Gasteiger partial charge in [-0.25, -0.2) is 9.97 Å². The number of ether oxygens (including phenoxy) is 1. The molecule has 0 fully saturated rings. The highest BCUT2D eigenvalue weighted by atomic mass is 32.1. The van der Waals surface area contributed by atoms with Crippen LogP contribution in [0, 0.1) is 0 Å². The molecule has 25 heavy (non-hydrogen) atoms. The summed E-state index contributed by atoms with van der Waals surface area (Å²) in [6.45, 7) is 0.315. The molecular formula is C17H14N4O3S. The van der Waals surface area contributed by atoms with E-state index in [0.29, 0.717) is 35.1 Å². The molecule has 0 aliphatic rings. The van der Waals surface area contributed by atoms with E-state index in [1.165, 1.54) is 0 Å². The summed E-state index contributed by atoms with van der Waals surface area (Å²) in [6, 6.07) is 11.3. The number of rotatable bonds is 5. The molecule has 0 amide bonds. The van der Waals surface area contributed by atoms with Gasteiger partial charge in [0.2, 0.25) is 5.88 Å². The molecule has 0 saturated carbocycles. The summed E-state index contributed by atoms with van der Waals surface area (Å²) in [6.07, 6.45) is 2.19. The monoisotopic (exact) mass is 354 g/mol. The maximum absolute atomic E-state index is 11.2. The van der Waals surface area contributed by atoms with Gasteiger partial charge in [-0.05, 0) is 29.8 Å². The van der Waals surface area contributed by atoms with Crippen LogP contribution in [-0.2, 0) is 13.0 Å². The molecule has 0 atom stereocenters. The van der Waals surface area contributed by atoms with Gasteiger partial charge in [-0.2, -0.15) is 0 Å². The Kier molecular flexibility index (Phi) is 3.95. The van der Waals surface area contributed by atoms with Crippen LogP contribution in [0.25, 0.3) is 11.2 Å². The number of H-pyrrole nitrogens is 2. The SMILES string of the molecule is O=c1[nH]c(O)c(Cc2ccc(OCc3nc4ncccc4[nH]3)cc2)s1. The first kappa shape index (κ1) is 15.4. The Hall–Kier alpha value is -3.13. The van der Waals surface area contributed by atoms with Gasteiger partial charge in [0.25, 0.3) is 0 Å². The largest absolute Gasteiger partial charge is 0.494 e. The number of nitrogens with zero attached hydrogens (tertiary/aromatic N) is 2. The van der Waals surface area contributed by atoms with Gasteiger partial charge in [-0.15, -0.1) is 0 Å². The smallest absolute Gasteiger partial charge is 0.307 e. The second-order valence-corrected chi connectivity index (χ2v) is 6.52. The molecule has 0 radical (unpaired) electrons. The predicted octanol–water partition coefficient (Wildman–Crippen LogP) is 2.58. The number of hydrogen-bond donors (Lipinski definition) is 3. The molecule has 4 rings (SSSR count). The summed E-state index contributed by atoms with van der Waals surface area (Å²) in [4.78, 5) is 25.6. The zero-order valence-electron chi connectivity index (χ0n) is 13.0. The normalized spacial score (nSPS) is 11.0. The Morgan fingerprint density at radius 3 is 2.72 bits per heavy atom. The van der Waals surface area contributed by atoms with E-state index >= 15 is 0 Å². The minimum atomic E-state index is -0.257. The molecule has 3 heterocycles. The Bertz CT molecular complexity index is 1030. The molecule has 7 nitrogen and oxygen atoms in total. The molecule has 0 spiro atoms. The van der Waals surface area contributed by atoms with Crippen molar-refractivity contribution in [3.8, 4) is 11.6 Å². The second-order valence-electron chi connectivity index (χ2n) is 5.45. The lowest BCUT2D eigenvalue weighted by atomic mass is 10.1. The van der Waals surface area contributed by atoms with Crippen molar-refractivity contribution in [1.82, 2.24) is 19.9 Å². The van der Waals surface area contributed by atoms with Gasteiger partial charge >= 0.3 is 4.87 Å². The summed E-state index contributed by atoms with van der Waals surface area (Å²) < 4.78 is 5.73. The van der Waals surface area contributed by atoms with Gasteiger partial charge in [0, 0.05) is 12.6 Å². The molecule has 0 saturated heterocycles. The topological polar surface area (TPSA) is 104 Å². The van der Waals surface area contributed by atoms with Crippen LogP contribution in [-0.4, -0.2) is 25.0 Å². The summed E-state index contributed by atoms with van der Waals surface area (Å²) in [7, 11) is 0. The van der Waals surface area contributed by atoms with Gasteiger partial charge in [-0.3, -0.25) is 9.78 Å². The van der Waals surface area contributed by atoms with E-state index in [2.05, 4.69) is 19.9 Å². The number of imidazole rings is 1. The molecule has 3 aromatic heterocycles. The van der Waals surface area contributed by atoms with E-state index < -0.39 is 0 Å². The van der Waals surface area contributed by atoms with E-state index in [1.807, 2.05) is 36.4 Å². The van der Waals surface area contributed by atoms with Crippen molar-refractivity contribution in [3.05, 3.63) is 68.5 Å². The average molecular weight is 354 g/mol. The van der Waals surface area contributed by atoms with Gasteiger partial charge < -0.3 is 14.8 Å². The van der Waals surface area contributed by atoms with Crippen LogP contribution in [0.1, 0.15) is 16.3 Å². The first-order valence-corrected chi connectivity index (χ1v) is 8.41. The average Bonchev–Trinajstić information content (AvgIpc) is 3.16. The first-order chi connectivity index (χ1) is 12.2. The first-order valence-electron chi connectivity index (χ1n) is 7.60. The highest BCUT2D eigenvalue weighted by Gasteiger charge is 2.08. The van der Waals surface area contributed by atoms with Gasteiger partial charge in [0.05, 0.1) is 10.4 Å². The van der Waals surface area contributed by atoms with Crippen LogP contribution in [0.15, 0.2) is 47.4 Å². The van der Waals surface area contributed by atoms with Gasteiger partial charge in [0.15, 0.2) is 5.65 Å². The lowest BCUT2D eigenvalue weighted by Crippen LogP contribution is -1.97. The Morgan fingerprint density at radius 2 is 2.00 bits per heavy atom. The number of hydrogen-bond acceptors (Lipinski definition) is 6. The fraction of sp³-hybridized carbons (Fsp3) is 0.118. The van der Waals surface area contributed by atoms with Crippen molar-refractivity contribution < 1.29 is 9.84 Å². The van der Waals surface area contributed by atoms with E-state index in [0.717, 1.165) is 22.4 Å². The van der Waals surface area contributed by atoms with Crippen LogP contribution in [0.5, 0.6) is 11.6 Å². The Morgan fingerprint density at radius 1 is 1.16 bits per heavy atom. The third-order valence-electron chi connectivity index (χ3n) is 3.67. The highest BCUT2D eigenvalue weighted by Crippen LogP contribution is 2.22. The number of nitrogens with one attached hydrogen (secondary N) is 2. The standard InChI is InChI=1S/C17H14N4O3S/c22-16-13(25-17(23)21-16)8-10-3-5-11(6-4-10)24-9-14-19-12-2-1-7-18-15(12)20-14/h1-7,22H,8-9H2,(H,21,23)(H,18,19,20). The molecule has 4 aromatic rings. The lowest BCUT2D eigenvalue weighted by Gasteiger charge is -2.05. The molecule has 8 heteroatoms. The maximum Gasteiger partial charge on any atom is 0.307 e. The zero-order chi connectivity index (χ0) is 17.2. The molecular weight excluding hydrogens is 340 g/mol. The number of thiazole rings is 1. The number of aromatic amines is 2. The number of aromatic nitrogens is 4. The zero-order valence-corrected chi connectivity index (χ0v) is 13.8. The van der Waals surface area contributed by atoms with Gasteiger partial charge in [-0.1, -0.05) is 23.5 Å². The van der Waals surface area contributed by atoms with Crippen LogP contribution in [0.4, 0.5) is 0 Å². The van der Waals surface area contributed by atoms with Crippen molar-refractivity contribution >= 4 is 22.5 Å². The van der Waals surface area contributed by atoms with Crippen molar-refractivity contribution in [1.29, 1.82) is 0 Å². The molecule has 3 N–H and O–H groups in total. The van der Waals surface area contributed by atoms with Gasteiger partial charge in [0.1, 0.15) is 18.2 Å². The third kappa shape index (κ3) is 3.38. The quantitative estimate of drug-likeness (QED) is 0.511. The van der Waals surface area contributed by atoms with Crippen LogP contribution in [0.3, 0.4) is 0 Å². The maximum atomic E-state index is 11.2. The van der Waals surface area contributed by atoms with E-state index in [1.54, 1.807) is 6.20 Å². The van der Waals surface area contributed by atoms with Crippen LogP contribution < -0.4 is 9.61 Å². The molecule has 0 bridgehead atoms. The number of aromatic hydroxyl groups is 1. The van der Waals surface area contributed by atoms with E-state index in [9.17, 15) is 9.90 Å². The Balaban J connectivity index is 1.41. The fourth-order valence-electron chi connectivity index (χ4n) is 2.48. The number of pyridine rings is 1. The fourth-order valence-corrected chi connectivity index (χ4v) is 3.23. The van der Waals surface area contributed by atoms with Crippen molar-refractivity contribution in [2.45, 2.75) is 13.0 Å². The van der Waals surface area contributed by atoms with E-state index in [4.69, 9.17) is 4.74 Å². The third-order valence-corrected chi connectivity index (χ3v) is 4.54. The van der Waals surface area contributed by atoms with Crippen LogP contribution in [0.2, 0.25) is 0 Å². The lowest BCUT2D eigenvalue weighted by molar-refractivity contribution is 0.297. The second kappa shape index (κ2) is 6.40.